The molecule has 2 aromatic carbocycles. The zero-order chi connectivity index (χ0) is 20.0. The number of amides is 2. The van der Waals surface area contributed by atoms with Crippen molar-refractivity contribution >= 4 is 33.4 Å². The molecule has 0 aliphatic carbocycles. The molecule has 0 heterocycles. The number of benzene rings is 2. The summed E-state index contributed by atoms with van der Waals surface area (Å²) in [5.74, 6) is -0.348. The number of nitrogens with one attached hydrogen (secondary N) is 1. The molecule has 0 spiro atoms. The first kappa shape index (κ1) is 20.7. The number of anilines is 1. The first-order chi connectivity index (χ1) is 12.8. The summed E-state index contributed by atoms with van der Waals surface area (Å²) in [7, 11) is 2.99. The lowest BCUT2D eigenvalue weighted by Gasteiger charge is -2.19. The number of hydrogen-bond acceptors (Lipinski definition) is 4. The van der Waals surface area contributed by atoms with Crippen LogP contribution in [0.1, 0.15) is 17.3 Å². The third-order valence-electron chi connectivity index (χ3n) is 3.60. The molecule has 2 amide bonds. The van der Waals surface area contributed by atoms with Crippen molar-refractivity contribution in [3.63, 3.8) is 0 Å². The molecule has 27 heavy (non-hydrogen) atoms. The number of rotatable bonds is 7. The molecule has 0 atom stereocenters. The van der Waals surface area contributed by atoms with Crippen molar-refractivity contribution in [1.82, 2.24) is 4.90 Å². The molecule has 6 nitrogen and oxygen atoms in total. The minimum absolute atomic E-state index is 0.192. The zero-order valence-corrected chi connectivity index (χ0v) is 16.8. The molecule has 0 radical (unpaired) electrons. The SMILES string of the molecule is CCOc1c(Br)cc(C(=O)N(C)CC(=O)Nc2cccc(F)c2)cc1OC. The van der Waals surface area contributed by atoms with Gasteiger partial charge in [0.05, 0.1) is 24.7 Å². The van der Waals surface area contributed by atoms with Crippen molar-refractivity contribution in [2.24, 2.45) is 0 Å². The molecule has 0 unspecified atom stereocenters. The standard InChI is InChI=1S/C19H20BrFN2O4/c1-4-27-18-15(20)8-12(9-16(18)26-3)19(25)23(2)11-17(24)22-14-7-5-6-13(21)10-14/h5-10H,4,11H2,1-3H3,(H,22,24). The number of carbonyl (C=O) groups excluding carboxylic acids is 2. The van der Waals surface area contributed by atoms with Crippen molar-refractivity contribution in [3.8, 4) is 11.5 Å². The number of hydrogen-bond donors (Lipinski definition) is 1. The van der Waals surface area contributed by atoms with E-state index in [-0.39, 0.29) is 12.5 Å². The van der Waals surface area contributed by atoms with Crippen molar-refractivity contribution in [2.75, 3.05) is 32.6 Å². The Labute approximate surface area is 165 Å². The smallest absolute Gasteiger partial charge is 0.254 e. The van der Waals surface area contributed by atoms with Crippen molar-refractivity contribution < 1.29 is 23.5 Å². The molecule has 0 bridgehead atoms. The fraction of sp³-hybridized carbons (Fsp3) is 0.263. The van der Waals surface area contributed by atoms with E-state index in [0.717, 1.165) is 0 Å². The Balaban J connectivity index is 2.10. The zero-order valence-electron chi connectivity index (χ0n) is 15.2. The van der Waals surface area contributed by atoms with Crippen LogP contribution in [0.25, 0.3) is 0 Å². The van der Waals surface area contributed by atoms with Gasteiger partial charge in [-0.2, -0.15) is 0 Å². The summed E-state index contributed by atoms with van der Waals surface area (Å²) in [5, 5.41) is 2.55. The molecule has 0 saturated carbocycles. The van der Waals surface area contributed by atoms with E-state index in [4.69, 9.17) is 9.47 Å². The largest absolute Gasteiger partial charge is 0.493 e. The first-order valence-electron chi connectivity index (χ1n) is 8.17. The van der Waals surface area contributed by atoms with Crippen LogP contribution in [0, 0.1) is 5.82 Å². The summed E-state index contributed by atoms with van der Waals surface area (Å²) in [5.41, 5.74) is 0.662. The predicted octanol–water partition coefficient (Wildman–Crippen LogP) is 3.71. The van der Waals surface area contributed by atoms with Crippen LogP contribution in [0.2, 0.25) is 0 Å². The Bertz CT molecular complexity index is 844. The van der Waals surface area contributed by atoms with Crippen molar-refractivity contribution in [2.45, 2.75) is 6.92 Å². The lowest BCUT2D eigenvalue weighted by molar-refractivity contribution is -0.116. The number of carbonyl (C=O) groups is 2. The summed E-state index contributed by atoms with van der Waals surface area (Å²) in [6, 6.07) is 8.70. The molecule has 0 aliphatic rings. The van der Waals surface area contributed by atoms with E-state index in [9.17, 15) is 14.0 Å². The topological polar surface area (TPSA) is 67.9 Å². The molecule has 2 rings (SSSR count). The van der Waals surface area contributed by atoms with Gasteiger partial charge in [0.1, 0.15) is 5.82 Å². The molecule has 0 saturated heterocycles. The van der Waals surface area contributed by atoms with Crippen LogP contribution >= 0.6 is 15.9 Å². The van der Waals surface area contributed by atoms with Gasteiger partial charge in [-0.15, -0.1) is 0 Å². The van der Waals surface area contributed by atoms with Gasteiger partial charge >= 0.3 is 0 Å². The Kier molecular flexibility index (Phi) is 7.18. The molecular weight excluding hydrogens is 419 g/mol. The second-order valence-electron chi connectivity index (χ2n) is 5.64. The Morgan fingerprint density at radius 3 is 2.63 bits per heavy atom. The molecule has 0 fully saturated rings. The van der Waals surface area contributed by atoms with Gasteiger partial charge in [0.25, 0.3) is 5.91 Å². The summed E-state index contributed by atoms with van der Waals surface area (Å²) in [6.07, 6.45) is 0. The molecule has 1 N–H and O–H groups in total. The van der Waals surface area contributed by atoms with Crippen LogP contribution in [0.3, 0.4) is 0 Å². The number of methoxy groups -OCH3 is 1. The van der Waals surface area contributed by atoms with E-state index in [2.05, 4.69) is 21.2 Å². The molecule has 144 valence electrons. The lowest BCUT2D eigenvalue weighted by atomic mass is 10.1. The van der Waals surface area contributed by atoms with E-state index in [1.54, 1.807) is 18.2 Å². The molecular formula is C19H20BrFN2O4. The van der Waals surface area contributed by atoms with Gasteiger partial charge in [-0.25, -0.2) is 4.39 Å². The quantitative estimate of drug-likeness (QED) is 0.715. The highest BCUT2D eigenvalue weighted by atomic mass is 79.9. The normalized spacial score (nSPS) is 10.3. The molecule has 8 heteroatoms. The van der Waals surface area contributed by atoms with Crippen LogP contribution in [-0.4, -0.2) is 44.0 Å². The summed E-state index contributed by atoms with van der Waals surface area (Å²) in [6.45, 7) is 2.10. The van der Waals surface area contributed by atoms with Gasteiger partial charge in [-0.05, 0) is 53.2 Å². The highest BCUT2D eigenvalue weighted by Gasteiger charge is 2.19. The van der Waals surface area contributed by atoms with Gasteiger partial charge < -0.3 is 19.7 Å². The molecule has 0 aliphatic heterocycles. The van der Waals surface area contributed by atoms with Gasteiger partial charge in [0.2, 0.25) is 5.91 Å². The average molecular weight is 439 g/mol. The van der Waals surface area contributed by atoms with Gasteiger partial charge in [-0.3, -0.25) is 9.59 Å². The predicted molar refractivity (Wildman–Crippen MR) is 104 cm³/mol. The number of halogens is 2. The van der Waals surface area contributed by atoms with Crippen LogP contribution in [0.15, 0.2) is 40.9 Å². The van der Waals surface area contributed by atoms with E-state index in [1.165, 1.54) is 37.3 Å². The van der Waals surface area contributed by atoms with Crippen LogP contribution in [0.4, 0.5) is 10.1 Å². The van der Waals surface area contributed by atoms with Crippen LogP contribution < -0.4 is 14.8 Å². The maximum atomic E-state index is 13.2. The average Bonchev–Trinajstić information content (AvgIpc) is 2.62. The fourth-order valence-corrected chi connectivity index (χ4v) is 2.96. The Morgan fingerprint density at radius 1 is 1.26 bits per heavy atom. The van der Waals surface area contributed by atoms with Crippen molar-refractivity contribution in [1.29, 1.82) is 0 Å². The van der Waals surface area contributed by atoms with Gasteiger partial charge in [0, 0.05) is 18.3 Å². The first-order valence-corrected chi connectivity index (χ1v) is 8.96. The number of ether oxygens (including phenoxy) is 2. The van der Waals surface area contributed by atoms with Gasteiger partial charge in [0.15, 0.2) is 11.5 Å². The number of likely N-dealkylation sites (N-methyl/N-ethyl adjacent to an activating group) is 1. The maximum Gasteiger partial charge on any atom is 0.254 e. The highest BCUT2D eigenvalue weighted by molar-refractivity contribution is 9.10. The molecule has 2 aromatic rings. The van der Waals surface area contributed by atoms with Crippen molar-refractivity contribution in [3.05, 3.63) is 52.3 Å². The highest BCUT2D eigenvalue weighted by Crippen LogP contribution is 2.36. The third kappa shape index (κ3) is 5.43. The summed E-state index contributed by atoms with van der Waals surface area (Å²) >= 11 is 3.37. The van der Waals surface area contributed by atoms with E-state index < -0.39 is 11.7 Å². The Hall–Kier alpha value is -2.61. The fourth-order valence-electron chi connectivity index (χ4n) is 2.40. The second kappa shape index (κ2) is 9.36. The van der Waals surface area contributed by atoms with E-state index in [0.29, 0.717) is 33.8 Å². The third-order valence-corrected chi connectivity index (χ3v) is 4.19. The minimum Gasteiger partial charge on any atom is -0.493 e. The van der Waals surface area contributed by atoms with Crippen LogP contribution in [0.5, 0.6) is 11.5 Å². The monoisotopic (exact) mass is 438 g/mol. The lowest BCUT2D eigenvalue weighted by Crippen LogP contribution is -2.35. The van der Waals surface area contributed by atoms with E-state index >= 15 is 0 Å². The minimum atomic E-state index is -0.455. The van der Waals surface area contributed by atoms with E-state index in [1.807, 2.05) is 6.92 Å². The van der Waals surface area contributed by atoms with Gasteiger partial charge in [-0.1, -0.05) is 6.07 Å². The summed E-state index contributed by atoms with van der Waals surface area (Å²) in [4.78, 5) is 26.0. The Morgan fingerprint density at radius 2 is 2.00 bits per heavy atom. The second-order valence-corrected chi connectivity index (χ2v) is 6.50. The van der Waals surface area contributed by atoms with Crippen LogP contribution in [-0.2, 0) is 4.79 Å². The molecule has 0 aromatic heterocycles. The number of nitrogens with zero attached hydrogens (tertiary/aromatic N) is 1. The summed E-state index contributed by atoms with van der Waals surface area (Å²) < 4.78 is 24.5. The maximum absolute atomic E-state index is 13.2.